The van der Waals surface area contributed by atoms with Crippen LogP contribution in [0.1, 0.15) is 44.2 Å². The number of oxime groups is 1. The van der Waals surface area contributed by atoms with Gasteiger partial charge in [0.1, 0.15) is 5.84 Å². The minimum atomic E-state index is -0.224. The standard InChI is InChI=1S/C17H27N3O/c1-17(2,16(18)20-21)9-5-6-10-19-15-11-13-7-3-4-8-14(13)12-15/h3-4,7-8,15,19,21H,5-6,9-12H2,1-2H3,(H2,18,20). The number of fused-ring (bicyclic) bond motifs is 1. The van der Waals surface area contributed by atoms with Gasteiger partial charge in [-0.15, -0.1) is 0 Å². The number of unbranched alkanes of at least 4 members (excludes halogenated alkanes) is 1. The fourth-order valence-electron chi connectivity index (χ4n) is 2.96. The molecule has 21 heavy (non-hydrogen) atoms. The number of nitrogens with zero attached hydrogens (tertiary/aromatic N) is 1. The monoisotopic (exact) mass is 289 g/mol. The molecule has 1 aromatic rings. The van der Waals surface area contributed by atoms with Gasteiger partial charge in [0.05, 0.1) is 0 Å². The van der Waals surface area contributed by atoms with E-state index in [1.165, 1.54) is 11.1 Å². The molecular formula is C17H27N3O. The highest BCUT2D eigenvalue weighted by atomic mass is 16.4. The van der Waals surface area contributed by atoms with E-state index in [0.29, 0.717) is 11.9 Å². The van der Waals surface area contributed by atoms with Crippen LogP contribution in [0.3, 0.4) is 0 Å². The van der Waals surface area contributed by atoms with Crippen molar-refractivity contribution in [3.8, 4) is 0 Å². The van der Waals surface area contributed by atoms with Crippen LogP contribution < -0.4 is 11.1 Å². The summed E-state index contributed by atoms with van der Waals surface area (Å²) in [5.41, 5.74) is 8.45. The second kappa shape index (κ2) is 6.94. The number of rotatable bonds is 7. The Morgan fingerprint density at radius 1 is 1.29 bits per heavy atom. The summed E-state index contributed by atoms with van der Waals surface area (Å²) < 4.78 is 0. The SMILES string of the molecule is CC(C)(CCCCNC1Cc2ccccc2C1)/C(N)=N/O. The molecule has 0 radical (unpaired) electrons. The van der Waals surface area contributed by atoms with Crippen molar-refractivity contribution in [1.29, 1.82) is 0 Å². The van der Waals surface area contributed by atoms with Gasteiger partial charge in [0.2, 0.25) is 0 Å². The molecule has 1 aliphatic rings. The molecule has 4 heteroatoms. The third-order valence-electron chi connectivity index (χ3n) is 4.51. The second-order valence-corrected chi connectivity index (χ2v) is 6.65. The van der Waals surface area contributed by atoms with E-state index in [2.05, 4.69) is 34.7 Å². The number of nitrogens with one attached hydrogen (secondary N) is 1. The van der Waals surface area contributed by atoms with E-state index in [1.54, 1.807) is 0 Å². The van der Waals surface area contributed by atoms with Gasteiger partial charge in [-0.05, 0) is 43.4 Å². The van der Waals surface area contributed by atoms with Crippen molar-refractivity contribution in [3.05, 3.63) is 35.4 Å². The molecule has 2 rings (SSSR count). The average molecular weight is 289 g/mol. The Balaban J connectivity index is 1.64. The topological polar surface area (TPSA) is 70.6 Å². The van der Waals surface area contributed by atoms with Crippen LogP contribution in [0.5, 0.6) is 0 Å². The Labute approximate surface area is 127 Å². The lowest BCUT2D eigenvalue weighted by molar-refractivity contribution is 0.304. The van der Waals surface area contributed by atoms with Gasteiger partial charge in [0.15, 0.2) is 0 Å². The highest BCUT2D eigenvalue weighted by Crippen LogP contribution is 2.24. The zero-order valence-corrected chi connectivity index (χ0v) is 13.1. The van der Waals surface area contributed by atoms with Crippen LogP contribution in [0.25, 0.3) is 0 Å². The largest absolute Gasteiger partial charge is 0.409 e. The number of benzene rings is 1. The normalized spacial score (nSPS) is 16.2. The Morgan fingerprint density at radius 3 is 2.48 bits per heavy atom. The molecule has 0 fully saturated rings. The molecule has 0 unspecified atom stereocenters. The molecule has 0 atom stereocenters. The van der Waals surface area contributed by atoms with Crippen LogP contribution in [0.2, 0.25) is 0 Å². The molecule has 0 aromatic heterocycles. The zero-order valence-electron chi connectivity index (χ0n) is 13.1. The summed E-state index contributed by atoms with van der Waals surface area (Å²) in [5, 5.41) is 15.5. The predicted molar refractivity (Wildman–Crippen MR) is 86.7 cm³/mol. The summed E-state index contributed by atoms with van der Waals surface area (Å²) in [6, 6.07) is 9.29. The first-order valence-electron chi connectivity index (χ1n) is 7.81. The average Bonchev–Trinajstić information content (AvgIpc) is 2.88. The van der Waals surface area contributed by atoms with E-state index >= 15 is 0 Å². The number of hydrogen-bond donors (Lipinski definition) is 3. The summed E-state index contributed by atoms with van der Waals surface area (Å²) in [6.45, 7) is 5.07. The molecule has 0 amide bonds. The molecule has 0 bridgehead atoms. The number of amidine groups is 1. The Kier molecular flexibility index (Phi) is 5.23. The van der Waals surface area contributed by atoms with E-state index < -0.39 is 0 Å². The lowest BCUT2D eigenvalue weighted by atomic mass is 9.86. The lowest BCUT2D eigenvalue weighted by Crippen LogP contribution is -2.33. The first kappa shape index (κ1) is 15.8. The van der Waals surface area contributed by atoms with Crippen molar-refractivity contribution < 1.29 is 5.21 Å². The van der Waals surface area contributed by atoms with E-state index in [-0.39, 0.29) is 5.41 Å². The van der Waals surface area contributed by atoms with E-state index in [4.69, 9.17) is 10.9 Å². The maximum atomic E-state index is 8.75. The molecule has 0 saturated heterocycles. The molecular weight excluding hydrogens is 262 g/mol. The van der Waals surface area contributed by atoms with Gasteiger partial charge < -0.3 is 16.3 Å². The number of nitrogens with two attached hydrogens (primary N) is 1. The molecule has 116 valence electrons. The van der Waals surface area contributed by atoms with Crippen molar-refractivity contribution in [2.75, 3.05) is 6.54 Å². The fourth-order valence-corrected chi connectivity index (χ4v) is 2.96. The van der Waals surface area contributed by atoms with E-state index in [9.17, 15) is 0 Å². The van der Waals surface area contributed by atoms with Gasteiger partial charge in [0, 0.05) is 11.5 Å². The van der Waals surface area contributed by atoms with Gasteiger partial charge in [-0.2, -0.15) is 0 Å². The summed E-state index contributed by atoms with van der Waals surface area (Å²) in [6.07, 6.45) is 5.43. The predicted octanol–water partition coefficient (Wildman–Crippen LogP) is 2.69. The molecule has 1 aliphatic carbocycles. The van der Waals surface area contributed by atoms with Gasteiger partial charge in [-0.25, -0.2) is 0 Å². The van der Waals surface area contributed by atoms with Crippen molar-refractivity contribution >= 4 is 5.84 Å². The van der Waals surface area contributed by atoms with Crippen LogP contribution in [-0.2, 0) is 12.8 Å². The van der Waals surface area contributed by atoms with Gasteiger partial charge in [-0.3, -0.25) is 0 Å². The van der Waals surface area contributed by atoms with E-state index in [1.807, 2.05) is 13.8 Å². The molecule has 0 aliphatic heterocycles. The minimum absolute atomic E-state index is 0.224. The summed E-state index contributed by atoms with van der Waals surface area (Å²) >= 11 is 0. The fraction of sp³-hybridized carbons (Fsp3) is 0.588. The van der Waals surface area contributed by atoms with Crippen LogP contribution in [-0.4, -0.2) is 23.6 Å². The van der Waals surface area contributed by atoms with Crippen LogP contribution >= 0.6 is 0 Å². The Bertz CT molecular complexity index is 472. The van der Waals surface area contributed by atoms with Crippen LogP contribution in [0.4, 0.5) is 0 Å². The number of hydrogen-bond acceptors (Lipinski definition) is 3. The van der Waals surface area contributed by atoms with E-state index in [0.717, 1.165) is 38.6 Å². The van der Waals surface area contributed by atoms with Gasteiger partial charge >= 0.3 is 0 Å². The van der Waals surface area contributed by atoms with Crippen molar-refractivity contribution in [3.63, 3.8) is 0 Å². The third-order valence-corrected chi connectivity index (χ3v) is 4.51. The van der Waals surface area contributed by atoms with Crippen molar-refractivity contribution in [1.82, 2.24) is 5.32 Å². The Hall–Kier alpha value is -1.55. The van der Waals surface area contributed by atoms with Gasteiger partial charge in [-0.1, -0.05) is 49.7 Å². The van der Waals surface area contributed by atoms with Crippen LogP contribution in [0, 0.1) is 5.41 Å². The smallest absolute Gasteiger partial charge is 0.144 e. The lowest BCUT2D eigenvalue weighted by Gasteiger charge is -2.22. The quantitative estimate of drug-likeness (QED) is 0.238. The first-order valence-corrected chi connectivity index (χ1v) is 7.81. The van der Waals surface area contributed by atoms with Crippen molar-refractivity contribution in [2.24, 2.45) is 16.3 Å². The maximum Gasteiger partial charge on any atom is 0.144 e. The summed E-state index contributed by atoms with van der Waals surface area (Å²) in [4.78, 5) is 0. The van der Waals surface area contributed by atoms with Crippen LogP contribution in [0.15, 0.2) is 29.4 Å². The highest BCUT2D eigenvalue weighted by molar-refractivity contribution is 5.85. The minimum Gasteiger partial charge on any atom is -0.409 e. The third kappa shape index (κ3) is 4.21. The molecule has 0 spiro atoms. The molecule has 1 aromatic carbocycles. The molecule has 0 saturated carbocycles. The molecule has 0 heterocycles. The molecule has 4 N–H and O–H groups in total. The summed E-state index contributed by atoms with van der Waals surface area (Å²) in [7, 11) is 0. The Morgan fingerprint density at radius 2 is 1.90 bits per heavy atom. The maximum absolute atomic E-state index is 8.75. The highest BCUT2D eigenvalue weighted by Gasteiger charge is 2.23. The van der Waals surface area contributed by atoms with Crippen molar-refractivity contribution in [2.45, 2.75) is 52.0 Å². The second-order valence-electron chi connectivity index (χ2n) is 6.65. The van der Waals surface area contributed by atoms with Gasteiger partial charge in [0.25, 0.3) is 0 Å². The summed E-state index contributed by atoms with van der Waals surface area (Å²) in [5.74, 6) is 0.321. The zero-order chi connectivity index (χ0) is 15.3. The molecule has 4 nitrogen and oxygen atoms in total. The first-order chi connectivity index (χ1) is 10.0.